The summed E-state index contributed by atoms with van der Waals surface area (Å²) < 4.78 is 22.4. The standard InChI is InChI=1S/C27H34N2O6/c1-5-14-27(26(31)28-15-13-21-18-23(32-3)11-12-24(21)33-4)19(2)35-25(29-27)20-7-9-22(10-8-20)34-17-6-16-30/h5,7-12,18-19,30H,1,6,13-17H2,2-4H3,(H,28,31)/t19-,27-/m1/s1. The molecule has 2 aromatic carbocycles. The summed E-state index contributed by atoms with van der Waals surface area (Å²) in [6.45, 7) is 6.60. The van der Waals surface area contributed by atoms with Crippen LogP contribution < -0.4 is 19.5 Å². The van der Waals surface area contributed by atoms with Crippen LogP contribution in [0, 0.1) is 0 Å². The van der Waals surface area contributed by atoms with Crippen molar-refractivity contribution in [3.8, 4) is 17.2 Å². The van der Waals surface area contributed by atoms with Gasteiger partial charge in [-0.15, -0.1) is 6.58 Å². The number of rotatable bonds is 13. The second-order valence-electron chi connectivity index (χ2n) is 8.23. The summed E-state index contributed by atoms with van der Waals surface area (Å²) >= 11 is 0. The zero-order chi connectivity index (χ0) is 25.3. The summed E-state index contributed by atoms with van der Waals surface area (Å²) in [5, 5.41) is 11.9. The molecular formula is C27H34N2O6. The largest absolute Gasteiger partial charge is 0.497 e. The molecule has 0 spiro atoms. The number of aliphatic imine (C=N–C) groups is 1. The van der Waals surface area contributed by atoms with Gasteiger partial charge < -0.3 is 29.4 Å². The monoisotopic (exact) mass is 482 g/mol. The fourth-order valence-electron chi connectivity index (χ4n) is 3.95. The van der Waals surface area contributed by atoms with Crippen molar-refractivity contribution in [2.45, 2.75) is 37.8 Å². The lowest BCUT2D eigenvalue weighted by atomic mass is 9.89. The van der Waals surface area contributed by atoms with Crippen molar-refractivity contribution < 1.29 is 28.8 Å². The lowest BCUT2D eigenvalue weighted by Gasteiger charge is -2.27. The lowest BCUT2D eigenvalue weighted by molar-refractivity contribution is -0.128. The maximum absolute atomic E-state index is 13.4. The normalized spacial score (nSPS) is 18.9. The van der Waals surface area contributed by atoms with E-state index in [4.69, 9.17) is 29.0 Å². The minimum Gasteiger partial charge on any atom is -0.497 e. The third-order valence-corrected chi connectivity index (χ3v) is 5.95. The van der Waals surface area contributed by atoms with Crippen molar-refractivity contribution in [1.82, 2.24) is 5.32 Å². The van der Waals surface area contributed by atoms with E-state index in [-0.39, 0.29) is 12.5 Å². The Bertz CT molecular complexity index is 1040. The fraction of sp³-hybridized carbons (Fsp3) is 0.407. The second kappa shape index (κ2) is 12.3. The molecule has 1 heterocycles. The van der Waals surface area contributed by atoms with E-state index in [1.54, 1.807) is 20.3 Å². The number of carbonyl (C=O) groups is 1. The molecule has 0 fully saturated rings. The highest BCUT2D eigenvalue weighted by Gasteiger charge is 2.49. The first-order valence-corrected chi connectivity index (χ1v) is 11.7. The molecule has 0 saturated carbocycles. The molecule has 0 aliphatic carbocycles. The lowest BCUT2D eigenvalue weighted by Crippen LogP contribution is -2.51. The van der Waals surface area contributed by atoms with Crippen LogP contribution in [0.25, 0.3) is 0 Å². The Labute approximate surface area is 206 Å². The molecule has 1 aliphatic heterocycles. The molecule has 2 N–H and O–H groups in total. The van der Waals surface area contributed by atoms with Gasteiger partial charge in [0.2, 0.25) is 5.90 Å². The highest BCUT2D eigenvalue weighted by Crippen LogP contribution is 2.33. The average Bonchev–Trinajstić information content (AvgIpc) is 3.21. The number of benzene rings is 2. The summed E-state index contributed by atoms with van der Waals surface area (Å²) in [6, 6.07) is 12.9. The van der Waals surface area contributed by atoms with Crippen LogP contribution in [0.1, 0.15) is 30.9 Å². The number of carbonyl (C=O) groups excluding carboxylic acids is 1. The zero-order valence-corrected chi connectivity index (χ0v) is 20.6. The highest BCUT2D eigenvalue weighted by molar-refractivity contribution is 6.00. The van der Waals surface area contributed by atoms with E-state index in [1.807, 2.05) is 49.4 Å². The predicted octanol–water partition coefficient (Wildman–Crippen LogP) is 3.30. The molecule has 35 heavy (non-hydrogen) atoms. The number of amides is 1. The van der Waals surface area contributed by atoms with Crippen molar-refractivity contribution in [3.63, 3.8) is 0 Å². The minimum absolute atomic E-state index is 0.0845. The Morgan fingerprint density at radius 2 is 1.94 bits per heavy atom. The van der Waals surface area contributed by atoms with E-state index in [2.05, 4.69) is 11.9 Å². The molecule has 188 valence electrons. The van der Waals surface area contributed by atoms with Crippen LogP contribution in [0.4, 0.5) is 0 Å². The maximum atomic E-state index is 13.4. The average molecular weight is 483 g/mol. The van der Waals surface area contributed by atoms with Gasteiger partial charge in [0.25, 0.3) is 5.91 Å². The Morgan fingerprint density at radius 3 is 2.60 bits per heavy atom. The van der Waals surface area contributed by atoms with Crippen molar-refractivity contribution in [2.75, 3.05) is 34.0 Å². The van der Waals surface area contributed by atoms with Crippen molar-refractivity contribution in [3.05, 3.63) is 66.2 Å². The summed E-state index contributed by atoms with van der Waals surface area (Å²) in [4.78, 5) is 18.1. The van der Waals surface area contributed by atoms with E-state index < -0.39 is 11.6 Å². The van der Waals surface area contributed by atoms with Gasteiger partial charge >= 0.3 is 0 Å². The molecule has 2 aromatic rings. The number of hydrogen-bond donors (Lipinski definition) is 2. The third-order valence-electron chi connectivity index (χ3n) is 5.95. The number of aliphatic hydroxyl groups is 1. The van der Waals surface area contributed by atoms with E-state index in [1.165, 1.54) is 0 Å². The molecule has 1 amide bonds. The van der Waals surface area contributed by atoms with E-state index in [9.17, 15) is 4.79 Å². The summed E-state index contributed by atoms with van der Waals surface area (Å²) in [5.74, 6) is 2.35. The second-order valence-corrected chi connectivity index (χ2v) is 8.23. The summed E-state index contributed by atoms with van der Waals surface area (Å²) in [7, 11) is 3.23. The molecule has 8 nitrogen and oxygen atoms in total. The van der Waals surface area contributed by atoms with Gasteiger partial charge in [-0.05, 0) is 61.4 Å². The molecule has 0 saturated heterocycles. The predicted molar refractivity (Wildman–Crippen MR) is 135 cm³/mol. The Morgan fingerprint density at radius 1 is 1.20 bits per heavy atom. The highest BCUT2D eigenvalue weighted by atomic mass is 16.5. The van der Waals surface area contributed by atoms with Crippen LogP contribution in [0.2, 0.25) is 0 Å². The summed E-state index contributed by atoms with van der Waals surface area (Å²) in [6.07, 6.45) is 2.70. The van der Waals surface area contributed by atoms with Crippen LogP contribution in [0.3, 0.4) is 0 Å². The van der Waals surface area contributed by atoms with E-state index >= 15 is 0 Å². The number of methoxy groups -OCH3 is 2. The molecule has 3 rings (SSSR count). The molecule has 8 heteroatoms. The third kappa shape index (κ3) is 6.14. The Hall–Kier alpha value is -3.52. The van der Waals surface area contributed by atoms with Gasteiger partial charge in [0.15, 0.2) is 5.54 Å². The van der Waals surface area contributed by atoms with Gasteiger partial charge in [0.05, 0.1) is 20.8 Å². The van der Waals surface area contributed by atoms with Crippen molar-refractivity contribution in [1.29, 1.82) is 0 Å². The van der Waals surface area contributed by atoms with Gasteiger partial charge in [-0.1, -0.05) is 6.08 Å². The Balaban J connectivity index is 1.72. The molecule has 0 unspecified atom stereocenters. The number of hydrogen-bond acceptors (Lipinski definition) is 7. The van der Waals surface area contributed by atoms with Crippen LogP contribution in [-0.2, 0) is 16.0 Å². The number of nitrogens with one attached hydrogen (secondary N) is 1. The molecule has 0 aromatic heterocycles. The number of aliphatic hydroxyl groups excluding tert-OH is 1. The first-order valence-electron chi connectivity index (χ1n) is 11.7. The quantitative estimate of drug-likeness (QED) is 0.336. The van der Waals surface area contributed by atoms with Crippen LogP contribution in [0.15, 0.2) is 60.1 Å². The first kappa shape index (κ1) is 26.1. The van der Waals surface area contributed by atoms with Gasteiger partial charge in [-0.25, -0.2) is 4.99 Å². The van der Waals surface area contributed by atoms with Crippen molar-refractivity contribution >= 4 is 11.8 Å². The number of ether oxygens (including phenoxy) is 4. The fourth-order valence-corrected chi connectivity index (χ4v) is 3.95. The van der Waals surface area contributed by atoms with Gasteiger partial charge in [-0.3, -0.25) is 4.79 Å². The molecule has 1 aliphatic rings. The molecule has 2 atom stereocenters. The first-order chi connectivity index (χ1) is 17.0. The van der Waals surface area contributed by atoms with Crippen LogP contribution >= 0.6 is 0 Å². The Kier molecular flexibility index (Phi) is 9.14. The smallest absolute Gasteiger partial charge is 0.252 e. The van der Waals surface area contributed by atoms with Crippen molar-refractivity contribution in [2.24, 2.45) is 4.99 Å². The SMILES string of the molecule is C=CC[C@@]1(C(=O)NCCc2cc(OC)ccc2OC)N=C(c2ccc(OCCCO)cc2)O[C@@H]1C. The molecule has 0 bridgehead atoms. The van der Waals surface area contributed by atoms with E-state index in [0.717, 1.165) is 22.6 Å². The summed E-state index contributed by atoms with van der Waals surface area (Å²) in [5.41, 5.74) is 0.587. The van der Waals surface area contributed by atoms with E-state index in [0.29, 0.717) is 44.1 Å². The van der Waals surface area contributed by atoms with Crippen LogP contribution in [-0.4, -0.2) is 62.5 Å². The molecular weight excluding hydrogens is 448 g/mol. The zero-order valence-electron chi connectivity index (χ0n) is 20.6. The topological polar surface area (TPSA) is 98.6 Å². The maximum Gasteiger partial charge on any atom is 0.252 e. The number of nitrogens with zero attached hydrogens (tertiary/aromatic N) is 1. The molecule has 0 radical (unpaired) electrons. The minimum atomic E-state index is -1.11. The van der Waals surface area contributed by atoms with Gasteiger partial charge in [-0.2, -0.15) is 0 Å². The van der Waals surface area contributed by atoms with Gasteiger partial charge in [0, 0.05) is 31.6 Å². The van der Waals surface area contributed by atoms with Gasteiger partial charge in [0.1, 0.15) is 23.4 Å². The van der Waals surface area contributed by atoms with Crippen LogP contribution in [0.5, 0.6) is 17.2 Å².